The van der Waals surface area contributed by atoms with Gasteiger partial charge in [-0.15, -0.1) is 29.7 Å². The predicted molar refractivity (Wildman–Crippen MR) is 225 cm³/mol. The third kappa shape index (κ3) is 6.54. The molecule has 10 aromatic rings. The molecular formula is C51H36N4OPt-2. The molecule has 0 fully saturated rings. The summed E-state index contributed by atoms with van der Waals surface area (Å²) in [5, 5.41) is 2.03. The number of nitrogens with zero attached hydrogens (tertiary/aromatic N) is 4. The van der Waals surface area contributed by atoms with Crippen molar-refractivity contribution in [3.8, 4) is 50.9 Å². The Labute approximate surface area is 360 Å². The minimum Gasteiger partial charge on any atom is -0.510 e. The Bertz CT molecular complexity index is 3500. The van der Waals surface area contributed by atoms with Crippen LogP contribution in [0, 0.1) is 18.5 Å². The van der Waals surface area contributed by atoms with E-state index in [2.05, 4.69) is 55.1 Å². The largest absolute Gasteiger partial charge is 0.510 e. The molecule has 0 saturated heterocycles. The maximum absolute atomic E-state index is 8.98. The molecule has 3 aromatic heterocycles. The number of hydrogen-bond donors (Lipinski definition) is 0. The maximum atomic E-state index is 8.98. The van der Waals surface area contributed by atoms with E-state index in [1.165, 1.54) is 0 Å². The molecule has 0 atom stereocenters. The van der Waals surface area contributed by atoms with Gasteiger partial charge in [0, 0.05) is 44.3 Å². The van der Waals surface area contributed by atoms with Gasteiger partial charge in [-0.1, -0.05) is 140 Å². The molecule has 10 rings (SSSR count). The molecule has 0 aliphatic heterocycles. The Hall–Kier alpha value is -6.55. The van der Waals surface area contributed by atoms with Gasteiger partial charge in [-0.05, 0) is 63.0 Å². The van der Waals surface area contributed by atoms with Crippen LogP contribution in [0.15, 0.2) is 176 Å². The van der Waals surface area contributed by atoms with Crippen LogP contribution in [-0.2, 0) is 21.1 Å². The Balaban J connectivity index is 0.00000562. The average molecular weight is 926 g/mol. The van der Waals surface area contributed by atoms with E-state index in [0.717, 1.165) is 33.2 Å². The topological polar surface area (TPSA) is 35.9 Å². The summed E-state index contributed by atoms with van der Waals surface area (Å²) in [5.41, 5.74) is 4.76. The number of ether oxygens (including phenoxy) is 1. The van der Waals surface area contributed by atoms with Crippen LogP contribution in [0.4, 0.5) is 0 Å². The van der Waals surface area contributed by atoms with Crippen LogP contribution in [-0.4, -0.2) is 14.1 Å². The van der Waals surface area contributed by atoms with Crippen LogP contribution in [0.25, 0.3) is 72.3 Å². The molecule has 0 spiro atoms. The van der Waals surface area contributed by atoms with E-state index in [1.807, 2.05) is 66.9 Å². The zero-order valence-corrected chi connectivity index (χ0v) is 32.8. The molecule has 0 unspecified atom stereocenters. The Morgan fingerprint density at radius 3 is 2.07 bits per heavy atom. The average Bonchev–Trinajstić information content (AvgIpc) is 3.88. The second-order valence-electron chi connectivity index (χ2n) is 13.5. The van der Waals surface area contributed by atoms with Crippen molar-refractivity contribution >= 4 is 32.8 Å². The number of fused-ring (bicyclic) bond motifs is 4. The van der Waals surface area contributed by atoms with Crippen molar-refractivity contribution in [2.45, 2.75) is 19.8 Å². The Morgan fingerprint density at radius 1 is 0.667 bits per heavy atom. The molecule has 0 radical (unpaired) electrons. The predicted octanol–water partition coefficient (Wildman–Crippen LogP) is 12.0. The first-order valence-electron chi connectivity index (χ1n) is 23.1. The first-order chi connectivity index (χ1) is 31.7. The second kappa shape index (κ2) is 15.2. The molecule has 278 valence electrons. The van der Waals surface area contributed by atoms with Gasteiger partial charge in [0.15, 0.2) is 0 Å². The van der Waals surface area contributed by atoms with Crippen molar-refractivity contribution in [3.05, 3.63) is 200 Å². The van der Waals surface area contributed by atoms with Gasteiger partial charge < -0.3 is 13.9 Å². The van der Waals surface area contributed by atoms with E-state index in [4.69, 9.17) is 23.4 Å². The molecular weight excluding hydrogens is 880 g/mol. The van der Waals surface area contributed by atoms with Crippen molar-refractivity contribution in [3.63, 3.8) is 0 Å². The number of imidazole rings is 1. The standard InChI is InChI=1S/C51H36N4O.Pt/c1-35(2)38-29-30-52-50(31-38)55-46-24-10-9-21-44(46)45-28-27-41(33-49(45)55)56-40-20-13-19-39(32-40)53-34-54(48-26-12-11-25-47(48)53)51-42(36-15-5-3-6-16-36)22-14-23-43(51)37-17-7-4-8-18-37;/h3-31,35H,1-2H3;/q-2;/i3D,4D,5D,6D,7D,8D,15D,16D,17D,18D;. The van der Waals surface area contributed by atoms with Crippen LogP contribution in [0.3, 0.4) is 0 Å². The van der Waals surface area contributed by atoms with E-state index in [0.29, 0.717) is 34.1 Å². The Morgan fingerprint density at radius 2 is 1.33 bits per heavy atom. The molecule has 7 aromatic carbocycles. The van der Waals surface area contributed by atoms with Crippen molar-refractivity contribution < 1.29 is 44.1 Å². The molecule has 0 N–H and O–H groups in total. The van der Waals surface area contributed by atoms with Crippen molar-refractivity contribution in [2.24, 2.45) is 0 Å². The van der Waals surface area contributed by atoms with E-state index in [9.17, 15) is 0 Å². The maximum Gasteiger partial charge on any atom is 0.268 e. The van der Waals surface area contributed by atoms with E-state index in [-0.39, 0.29) is 49.0 Å². The van der Waals surface area contributed by atoms with Crippen molar-refractivity contribution in [1.29, 1.82) is 0 Å². The van der Waals surface area contributed by atoms with Crippen molar-refractivity contribution in [1.82, 2.24) is 14.1 Å². The summed E-state index contributed by atoms with van der Waals surface area (Å²) in [4.78, 5) is 4.76. The second-order valence-corrected chi connectivity index (χ2v) is 13.5. The first-order valence-corrected chi connectivity index (χ1v) is 18.1. The van der Waals surface area contributed by atoms with Gasteiger partial charge in [-0.25, -0.2) is 4.98 Å². The van der Waals surface area contributed by atoms with Crippen LogP contribution in [0.5, 0.6) is 11.5 Å². The summed E-state index contributed by atoms with van der Waals surface area (Å²) in [5.74, 6) is 1.87. The van der Waals surface area contributed by atoms with Crippen LogP contribution in [0.2, 0.25) is 0 Å². The molecule has 0 aliphatic carbocycles. The molecule has 3 heterocycles. The van der Waals surface area contributed by atoms with Gasteiger partial charge in [-0.2, -0.15) is 18.2 Å². The minimum atomic E-state index is -0.570. The summed E-state index contributed by atoms with van der Waals surface area (Å²) in [6.45, 7) is 4.29. The zero-order chi connectivity index (χ0) is 46.3. The van der Waals surface area contributed by atoms with E-state index in [1.54, 1.807) is 39.5 Å². The zero-order valence-electron chi connectivity index (χ0n) is 40.6. The van der Waals surface area contributed by atoms with Gasteiger partial charge in [-0.3, -0.25) is 4.57 Å². The van der Waals surface area contributed by atoms with E-state index >= 15 is 0 Å². The molecule has 6 heteroatoms. The molecule has 5 nitrogen and oxygen atoms in total. The third-order valence-electron chi connectivity index (χ3n) is 9.80. The quantitative estimate of drug-likeness (QED) is 0.112. The summed E-state index contributed by atoms with van der Waals surface area (Å²) in [7, 11) is 0. The van der Waals surface area contributed by atoms with Gasteiger partial charge in [0.05, 0.1) is 30.4 Å². The molecule has 0 aliphatic rings. The number of aromatic nitrogens is 4. The molecule has 0 saturated carbocycles. The molecule has 57 heavy (non-hydrogen) atoms. The van der Waals surface area contributed by atoms with Gasteiger partial charge in [0.1, 0.15) is 5.82 Å². The van der Waals surface area contributed by atoms with Crippen molar-refractivity contribution in [2.75, 3.05) is 0 Å². The normalized spacial score (nSPS) is 13.8. The number of rotatable bonds is 8. The monoisotopic (exact) mass is 925 g/mol. The third-order valence-corrected chi connectivity index (χ3v) is 9.80. The van der Waals surface area contributed by atoms with Gasteiger partial charge in [0.2, 0.25) is 0 Å². The van der Waals surface area contributed by atoms with Gasteiger partial charge in [0.25, 0.3) is 6.33 Å². The fourth-order valence-corrected chi connectivity index (χ4v) is 7.19. The minimum absolute atomic E-state index is 0. The van der Waals surface area contributed by atoms with Crippen LogP contribution in [0.1, 0.15) is 39.0 Å². The number of para-hydroxylation sites is 4. The number of benzene rings is 7. The van der Waals surface area contributed by atoms with Crippen LogP contribution >= 0.6 is 0 Å². The van der Waals surface area contributed by atoms with Gasteiger partial charge >= 0.3 is 0 Å². The molecule has 0 bridgehead atoms. The number of pyridine rings is 1. The smallest absolute Gasteiger partial charge is 0.268 e. The number of hydrogen-bond acceptors (Lipinski definition) is 2. The SMILES string of the molecule is [2H]c1c([2H])c([2H])c(-c2cccc(-c3c([2H])c([2H])c([2H])c([2H])c3[2H])c2-[n+]2[c-]n(-c3[c-]c(Oc4[c-]c5c(cc4)c4ccccc4n5-c4cc(C(C)C)ccn4)ccc3)c3ccccc32)c([2H])c1[2H].[Pt]. The summed E-state index contributed by atoms with van der Waals surface area (Å²) < 4.78 is 98.6. The Kier molecular flexibility index (Phi) is 7.01. The van der Waals surface area contributed by atoms with Crippen LogP contribution < -0.4 is 9.30 Å². The molecule has 0 amide bonds. The summed E-state index contributed by atoms with van der Waals surface area (Å²) in [6.07, 6.45) is 5.21. The summed E-state index contributed by atoms with van der Waals surface area (Å²) in [6, 6.07) is 35.2. The fourth-order valence-electron chi connectivity index (χ4n) is 7.19. The first kappa shape index (κ1) is 26.3. The van der Waals surface area contributed by atoms with E-state index < -0.39 is 60.4 Å². The summed E-state index contributed by atoms with van der Waals surface area (Å²) >= 11 is 0. The fraction of sp³-hybridized carbons (Fsp3) is 0.0588.